The molecule has 0 aliphatic carbocycles. The molecule has 0 amide bonds. The number of aliphatic hydroxyl groups excluding tert-OH is 1. The van der Waals surface area contributed by atoms with Gasteiger partial charge in [-0.3, -0.25) is 4.79 Å². The molecule has 0 bridgehead atoms. The van der Waals surface area contributed by atoms with Gasteiger partial charge in [-0.15, -0.1) is 11.3 Å². The van der Waals surface area contributed by atoms with E-state index in [-0.39, 0.29) is 6.61 Å². The van der Waals surface area contributed by atoms with E-state index in [4.69, 9.17) is 9.84 Å². The molecule has 0 saturated heterocycles. The summed E-state index contributed by atoms with van der Waals surface area (Å²) >= 11 is 1.45. The molecule has 2 rings (SSSR count). The number of ether oxygens (including phenoxy) is 1. The molecule has 0 radical (unpaired) electrons. The Kier molecular flexibility index (Phi) is 6.18. The molecule has 1 aromatic carbocycles. The summed E-state index contributed by atoms with van der Waals surface area (Å²) in [6.07, 6.45) is 5.50. The standard InChI is InChI=1S/C17H19NO3S/c1-21-17-11-14(18-9-2-10-19)5-3-13(17)4-6-15-7-8-16(12-20)22-15/h3-8,11-12,18-19H,2,9-10H2,1H3. The predicted octanol–water partition coefficient (Wildman–Crippen LogP) is 3.53. The molecule has 2 aromatic rings. The highest BCUT2D eigenvalue weighted by molar-refractivity contribution is 7.14. The van der Waals surface area contributed by atoms with Crippen LogP contribution in [0.4, 0.5) is 5.69 Å². The fraction of sp³-hybridized carbons (Fsp3) is 0.235. The quantitative estimate of drug-likeness (QED) is 0.577. The third-order valence-electron chi connectivity index (χ3n) is 3.09. The molecule has 2 N–H and O–H groups in total. The van der Waals surface area contributed by atoms with Gasteiger partial charge in [0.25, 0.3) is 0 Å². The van der Waals surface area contributed by atoms with E-state index in [1.54, 1.807) is 7.11 Å². The number of nitrogens with one attached hydrogen (secondary N) is 1. The number of rotatable bonds is 8. The van der Waals surface area contributed by atoms with Gasteiger partial charge in [0, 0.05) is 35.3 Å². The fourth-order valence-corrected chi connectivity index (χ4v) is 2.69. The second-order valence-corrected chi connectivity index (χ2v) is 5.80. The van der Waals surface area contributed by atoms with E-state index < -0.39 is 0 Å². The first kappa shape index (κ1) is 16.3. The first-order valence-electron chi connectivity index (χ1n) is 7.02. The number of hydrogen-bond acceptors (Lipinski definition) is 5. The summed E-state index contributed by atoms with van der Waals surface area (Å²) in [5.41, 5.74) is 1.93. The molecule has 22 heavy (non-hydrogen) atoms. The molecule has 0 fully saturated rings. The van der Waals surface area contributed by atoms with Crippen molar-refractivity contribution in [3.8, 4) is 5.75 Å². The molecule has 1 heterocycles. The molecule has 0 aliphatic rings. The van der Waals surface area contributed by atoms with Gasteiger partial charge >= 0.3 is 0 Å². The van der Waals surface area contributed by atoms with Crippen molar-refractivity contribution in [1.82, 2.24) is 0 Å². The number of hydrogen-bond donors (Lipinski definition) is 2. The van der Waals surface area contributed by atoms with Crippen LogP contribution in [0.3, 0.4) is 0 Å². The molecule has 0 aliphatic heterocycles. The second kappa shape index (κ2) is 8.36. The fourth-order valence-electron chi connectivity index (χ4n) is 1.96. The van der Waals surface area contributed by atoms with Crippen molar-refractivity contribution in [1.29, 1.82) is 0 Å². The molecular formula is C17H19NO3S. The van der Waals surface area contributed by atoms with E-state index in [0.29, 0.717) is 6.42 Å². The van der Waals surface area contributed by atoms with Gasteiger partial charge in [0.1, 0.15) is 5.75 Å². The third kappa shape index (κ3) is 4.44. The van der Waals surface area contributed by atoms with Crippen LogP contribution in [-0.4, -0.2) is 31.7 Å². The summed E-state index contributed by atoms with van der Waals surface area (Å²) in [4.78, 5) is 12.4. The van der Waals surface area contributed by atoms with Gasteiger partial charge in [-0.1, -0.05) is 0 Å². The highest BCUT2D eigenvalue weighted by Crippen LogP contribution is 2.26. The molecule has 0 atom stereocenters. The van der Waals surface area contributed by atoms with Crippen molar-refractivity contribution in [2.24, 2.45) is 0 Å². The molecule has 4 nitrogen and oxygen atoms in total. The minimum absolute atomic E-state index is 0.175. The largest absolute Gasteiger partial charge is 0.496 e. The maximum atomic E-state index is 10.7. The van der Waals surface area contributed by atoms with Crippen LogP contribution in [0, 0.1) is 0 Å². The lowest BCUT2D eigenvalue weighted by atomic mass is 10.1. The predicted molar refractivity (Wildman–Crippen MR) is 91.8 cm³/mol. The highest BCUT2D eigenvalue weighted by atomic mass is 32.1. The van der Waals surface area contributed by atoms with Crippen LogP contribution < -0.4 is 10.1 Å². The van der Waals surface area contributed by atoms with E-state index in [2.05, 4.69) is 5.32 Å². The Morgan fingerprint density at radius 3 is 2.73 bits per heavy atom. The minimum Gasteiger partial charge on any atom is -0.496 e. The first-order valence-corrected chi connectivity index (χ1v) is 7.84. The second-order valence-electron chi connectivity index (χ2n) is 4.65. The molecule has 0 unspecified atom stereocenters. The van der Waals surface area contributed by atoms with Gasteiger partial charge < -0.3 is 15.2 Å². The Labute approximate surface area is 134 Å². The molecule has 0 spiro atoms. The van der Waals surface area contributed by atoms with E-state index in [1.807, 2.05) is 42.5 Å². The van der Waals surface area contributed by atoms with Gasteiger partial charge in [0.15, 0.2) is 6.29 Å². The molecule has 116 valence electrons. The highest BCUT2D eigenvalue weighted by Gasteiger charge is 2.02. The zero-order valence-corrected chi connectivity index (χ0v) is 13.2. The smallest absolute Gasteiger partial charge is 0.160 e. The normalized spacial score (nSPS) is 10.8. The van der Waals surface area contributed by atoms with Gasteiger partial charge in [0.2, 0.25) is 0 Å². The van der Waals surface area contributed by atoms with Crippen LogP contribution in [-0.2, 0) is 0 Å². The number of aliphatic hydroxyl groups is 1. The van der Waals surface area contributed by atoms with Crippen LogP contribution in [0.5, 0.6) is 5.75 Å². The Morgan fingerprint density at radius 1 is 1.23 bits per heavy atom. The lowest BCUT2D eigenvalue weighted by Crippen LogP contribution is -2.03. The number of methoxy groups -OCH3 is 1. The maximum Gasteiger partial charge on any atom is 0.160 e. The number of thiophene rings is 1. The zero-order valence-electron chi connectivity index (χ0n) is 12.4. The van der Waals surface area contributed by atoms with Gasteiger partial charge in [0.05, 0.1) is 12.0 Å². The summed E-state index contributed by atoms with van der Waals surface area (Å²) in [6, 6.07) is 9.61. The van der Waals surface area contributed by atoms with Crippen LogP contribution in [0.2, 0.25) is 0 Å². The maximum absolute atomic E-state index is 10.7. The molecular weight excluding hydrogens is 298 g/mol. The van der Waals surface area contributed by atoms with E-state index in [0.717, 1.165) is 39.6 Å². The van der Waals surface area contributed by atoms with Gasteiger partial charge in [-0.2, -0.15) is 0 Å². The lowest BCUT2D eigenvalue weighted by molar-refractivity contribution is 0.112. The minimum atomic E-state index is 0.175. The van der Waals surface area contributed by atoms with Crippen LogP contribution in [0.1, 0.15) is 26.5 Å². The number of benzene rings is 1. The van der Waals surface area contributed by atoms with Crippen molar-refractivity contribution in [3.05, 3.63) is 45.6 Å². The van der Waals surface area contributed by atoms with Crippen LogP contribution in [0.15, 0.2) is 30.3 Å². The molecule has 0 saturated carbocycles. The van der Waals surface area contributed by atoms with Gasteiger partial charge in [-0.25, -0.2) is 0 Å². The average molecular weight is 317 g/mol. The Morgan fingerprint density at radius 2 is 2.05 bits per heavy atom. The number of carbonyl (C=O) groups excluding carboxylic acids is 1. The average Bonchev–Trinajstić information content (AvgIpc) is 3.01. The Hall–Kier alpha value is -2.11. The first-order chi connectivity index (χ1) is 10.8. The van der Waals surface area contributed by atoms with Crippen molar-refractivity contribution in [3.63, 3.8) is 0 Å². The molecule has 5 heteroatoms. The number of carbonyl (C=O) groups is 1. The summed E-state index contributed by atoms with van der Waals surface area (Å²) < 4.78 is 5.41. The molecule has 1 aromatic heterocycles. The summed E-state index contributed by atoms with van der Waals surface area (Å²) in [7, 11) is 1.64. The Bertz CT molecular complexity index is 649. The van der Waals surface area contributed by atoms with Crippen molar-refractivity contribution in [2.45, 2.75) is 6.42 Å². The lowest BCUT2D eigenvalue weighted by Gasteiger charge is -2.10. The number of aldehydes is 1. The summed E-state index contributed by atoms with van der Waals surface area (Å²) in [5.74, 6) is 0.775. The summed E-state index contributed by atoms with van der Waals surface area (Å²) in [5, 5.41) is 12.0. The van der Waals surface area contributed by atoms with E-state index >= 15 is 0 Å². The van der Waals surface area contributed by atoms with E-state index in [1.165, 1.54) is 11.3 Å². The van der Waals surface area contributed by atoms with Crippen LogP contribution in [0.25, 0.3) is 12.2 Å². The monoisotopic (exact) mass is 317 g/mol. The summed E-state index contributed by atoms with van der Waals surface area (Å²) in [6.45, 7) is 0.896. The van der Waals surface area contributed by atoms with Crippen molar-refractivity contribution in [2.75, 3.05) is 25.6 Å². The zero-order chi connectivity index (χ0) is 15.8. The SMILES string of the molecule is COc1cc(NCCCO)ccc1C=Cc1ccc(C=O)s1. The third-order valence-corrected chi connectivity index (χ3v) is 4.06. The number of anilines is 1. The Balaban J connectivity index is 2.11. The van der Waals surface area contributed by atoms with Crippen molar-refractivity contribution >= 4 is 35.5 Å². The van der Waals surface area contributed by atoms with E-state index in [9.17, 15) is 4.79 Å². The van der Waals surface area contributed by atoms with Gasteiger partial charge in [-0.05, 0) is 42.8 Å². The van der Waals surface area contributed by atoms with Crippen LogP contribution >= 0.6 is 11.3 Å². The topological polar surface area (TPSA) is 58.6 Å². The van der Waals surface area contributed by atoms with Crippen molar-refractivity contribution < 1.29 is 14.6 Å².